The molecule has 0 aliphatic carbocycles. The molecule has 1 aliphatic rings. The molecule has 0 N–H and O–H groups in total. The van der Waals surface area contributed by atoms with Crippen molar-refractivity contribution in [1.82, 2.24) is 10.1 Å². The van der Waals surface area contributed by atoms with Crippen LogP contribution in [0.3, 0.4) is 0 Å². The van der Waals surface area contributed by atoms with Gasteiger partial charge < -0.3 is 14.0 Å². The average Bonchev–Trinajstić information content (AvgIpc) is 3.39. The standard InChI is InChI=1S/C22H14N2O5S/c1-27-22(25)19-11-17(24-29-19)14-5-6-15-10-21(30(26)20(15)9-14)28-18-4-2-3-13-7-8-23-12-16(13)18/h2-12H,1H3. The molecule has 8 heteroatoms. The molecule has 3 heterocycles. The molecule has 0 fully saturated rings. The average molecular weight is 418 g/mol. The van der Waals surface area contributed by atoms with Gasteiger partial charge in [0, 0.05) is 29.4 Å². The summed E-state index contributed by atoms with van der Waals surface area (Å²) in [7, 11) is -0.232. The molecule has 1 unspecified atom stereocenters. The fraction of sp³-hybridized carbons (Fsp3) is 0.0455. The number of methoxy groups -OCH3 is 1. The van der Waals surface area contributed by atoms with Gasteiger partial charge in [-0.25, -0.2) is 9.00 Å². The molecule has 0 spiro atoms. The third-order valence-electron chi connectivity index (χ3n) is 4.72. The van der Waals surface area contributed by atoms with Crippen LogP contribution in [0.25, 0.3) is 28.1 Å². The van der Waals surface area contributed by atoms with Crippen molar-refractivity contribution >= 4 is 33.6 Å². The molecule has 1 atom stereocenters. The zero-order chi connectivity index (χ0) is 20.7. The number of hydrogen-bond donors (Lipinski definition) is 0. The molecule has 148 valence electrons. The Kier molecular flexibility index (Phi) is 4.40. The highest BCUT2D eigenvalue weighted by atomic mass is 32.2. The number of ether oxygens (including phenoxy) is 2. The summed E-state index contributed by atoms with van der Waals surface area (Å²) >= 11 is 0. The van der Waals surface area contributed by atoms with E-state index in [0.29, 0.717) is 27.0 Å². The van der Waals surface area contributed by atoms with Crippen LogP contribution >= 0.6 is 0 Å². The molecule has 4 aromatic rings. The third-order valence-corrected chi connectivity index (χ3v) is 6.04. The Labute approximate surface area is 173 Å². The summed E-state index contributed by atoms with van der Waals surface area (Å²) in [4.78, 5) is 16.3. The second-order valence-electron chi connectivity index (χ2n) is 6.51. The first-order chi connectivity index (χ1) is 14.6. The number of carbonyl (C=O) groups is 1. The first-order valence-electron chi connectivity index (χ1n) is 8.97. The van der Waals surface area contributed by atoms with Crippen LogP contribution in [0.15, 0.2) is 75.4 Å². The second kappa shape index (κ2) is 7.23. The van der Waals surface area contributed by atoms with Crippen LogP contribution in [-0.4, -0.2) is 27.4 Å². The van der Waals surface area contributed by atoms with Crippen LogP contribution in [0.1, 0.15) is 16.1 Å². The molecule has 5 rings (SSSR count). The largest absolute Gasteiger partial charge is 0.463 e. The highest BCUT2D eigenvalue weighted by molar-refractivity contribution is 7.89. The van der Waals surface area contributed by atoms with Crippen LogP contribution in [-0.2, 0) is 15.5 Å². The molecule has 0 radical (unpaired) electrons. The van der Waals surface area contributed by atoms with Gasteiger partial charge in [-0.2, -0.15) is 0 Å². The van der Waals surface area contributed by atoms with E-state index in [0.717, 1.165) is 16.3 Å². The van der Waals surface area contributed by atoms with Crippen molar-refractivity contribution in [2.75, 3.05) is 7.11 Å². The zero-order valence-corrected chi connectivity index (χ0v) is 16.5. The maximum Gasteiger partial charge on any atom is 0.376 e. The smallest absolute Gasteiger partial charge is 0.376 e. The van der Waals surface area contributed by atoms with Crippen LogP contribution in [0, 0.1) is 0 Å². The molecular formula is C22H14N2O5S. The highest BCUT2D eigenvalue weighted by Gasteiger charge is 2.25. The van der Waals surface area contributed by atoms with Crippen molar-refractivity contribution in [3.8, 4) is 17.0 Å². The summed E-state index contributed by atoms with van der Waals surface area (Å²) < 4.78 is 28.7. The molecule has 30 heavy (non-hydrogen) atoms. The second-order valence-corrected chi connectivity index (χ2v) is 7.89. The number of rotatable bonds is 4. The third kappa shape index (κ3) is 3.07. The summed E-state index contributed by atoms with van der Waals surface area (Å²) in [5.41, 5.74) is 1.91. The summed E-state index contributed by atoms with van der Waals surface area (Å²) in [6.07, 6.45) is 5.19. The first-order valence-corrected chi connectivity index (χ1v) is 10.1. The number of aromatic nitrogens is 2. The predicted molar refractivity (Wildman–Crippen MR) is 110 cm³/mol. The number of esters is 1. The van der Waals surface area contributed by atoms with Crippen LogP contribution in [0.2, 0.25) is 0 Å². The number of benzene rings is 2. The van der Waals surface area contributed by atoms with Gasteiger partial charge in [0.2, 0.25) is 5.76 Å². The number of nitrogens with zero attached hydrogens (tertiary/aromatic N) is 2. The lowest BCUT2D eigenvalue weighted by Crippen LogP contribution is -2.00. The molecular weight excluding hydrogens is 404 g/mol. The normalized spacial score (nSPS) is 15.0. The minimum absolute atomic E-state index is 0.000772. The minimum atomic E-state index is -1.50. The number of hydrogen-bond acceptors (Lipinski definition) is 7. The van der Waals surface area contributed by atoms with Crippen molar-refractivity contribution in [3.05, 3.63) is 77.3 Å². The van der Waals surface area contributed by atoms with Gasteiger partial charge >= 0.3 is 5.97 Å². The van der Waals surface area contributed by atoms with Gasteiger partial charge in [0.1, 0.15) is 22.2 Å². The molecule has 2 aromatic carbocycles. The fourth-order valence-electron chi connectivity index (χ4n) is 3.22. The SMILES string of the molecule is COC(=O)c1cc(-c2ccc3c(c2)S(=O)C(Oc2cccc4ccncc24)=C3)no1. The Morgan fingerprint density at radius 3 is 2.90 bits per heavy atom. The molecule has 0 saturated heterocycles. The van der Waals surface area contributed by atoms with E-state index < -0.39 is 16.8 Å². The summed E-state index contributed by atoms with van der Waals surface area (Å²) in [5.74, 6) is -0.0197. The van der Waals surface area contributed by atoms with Gasteiger partial charge in [-0.15, -0.1) is 0 Å². The van der Waals surface area contributed by atoms with Crippen LogP contribution in [0.4, 0.5) is 0 Å². The molecule has 7 nitrogen and oxygen atoms in total. The summed E-state index contributed by atoms with van der Waals surface area (Å²) in [5, 5.41) is 6.06. The molecule has 1 aliphatic heterocycles. The quantitative estimate of drug-likeness (QED) is 0.459. The van der Waals surface area contributed by atoms with Gasteiger partial charge in [0.15, 0.2) is 5.09 Å². The van der Waals surface area contributed by atoms with Crippen molar-refractivity contribution in [1.29, 1.82) is 0 Å². The van der Waals surface area contributed by atoms with E-state index in [1.165, 1.54) is 13.2 Å². The van der Waals surface area contributed by atoms with E-state index >= 15 is 0 Å². The van der Waals surface area contributed by atoms with Gasteiger partial charge in [0.05, 0.1) is 12.0 Å². The lowest BCUT2D eigenvalue weighted by molar-refractivity contribution is 0.0554. The summed E-state index contributed by atoms with van der Waals surface area (Å²) in [6, 6.07) is 14.4. The maximum atomic E-state index is 13.1. The fourth-order valence-corrected chi connectivity index (χ4v) is 4.41. The summed E-state index contributed by atoms with van der Waals surface area (Å²) in [6.45, 7) is 0. The Morgan fingerprint density at radius 1 is 1.13 bits per heavy atom. The van der Waals surface area contributed by atoms with Crippen LogP contribution in [0.5, 0.6) is 5.75 Å². The van der Waals surface area contributed by atoms with Crippen LogP contribution < -0.4 is 4.74 Å². The Hall–Kier alpha value is -3.78. The van der Waals surface area contributed by atoms with Gasteiger partial charge in [-0.3, -0.25) is 4.98 Å². The van der Waals surface area contributed by atoms with Gasteiger partial charge in [-0.1, -0.05) is 29.4 Å². The molecule has 0 amide bonds. The lowest BCUT2D eigenvalue weighted by atomic mass is 10.1. The molecule has 0 saturated carbocycles. The van der Waals surface area contributed by atoms with Crippen molar-refractivity contribution in [3.63, 3.8) is 0 Å². The van der Waals surface area contributed by atoms with Gasteiger partial charge in [0.25, 0.3) is 0 Å². The Morgan fingerprint density at radius 2 is 2.03 bits per heavy atom. The van der Waals surface area contributed by atoms with E-state index in [-0.39, 0.29) is 5.76 Å². The van der Waals surface area contributed by atoms with Crippen molar-refractivity contribution in [2.24, 2.45) is 0 Å². The van der Waals surface area contributed by atoms with E-state index in [9.17, 15) is 9.00 Å². The zero-order valence-electron chi connectivity index (χ0n) is 15.7. The number of carbonyl (C=O) groups excluding carboxylic acids is 1. The Bertz CT molecular complexity index is 1350. The van der Waals surface area contributed by atoms with Crippen molar-refractivity contribution < 1.29 is 23.0 Å². The first kappa shape index (κ1) is 18.3. The van der Waals surface area contributed by atoms with E-state index in [1.807, 2.05) is 36.4 Å². The van der Waals surface area contributed by atoms with Gasteiger partial charge in [-0.05, 0) is 35.2 Å². The van der Waals surface area contributed by atoms with E-state index in [1.54, 1.807) is 24.5 Å². The number of fused-ring (bicyclic) bond motifs is 2. The topological polar surface area (TPSA) is 91.5 Å². The lowest BCUT2D eigenvalue weighted by Gasteiger charge is -2.08. The molecule has 0 bridgehead atoms. The predicted octanol–water partition coefficient (Wildman–Crippen LogP) is 4.18. The van der Waals surface area contributed by atoms with E-state index in [4.69, 9.17) is 9.26 Å². The van der Waals surface area contributed by atoms with E-state index in [2.05, 4.69) is 14.9 Å². The minimum Gasteiger partial charge on any atom is -0.463 e. The monoisotopic (exact) mass is 418 g/mol. The molecule has 2 aromatic heterocycles. The number of pyridine rings is 1. The Balaban J connectivity index is 1.44. The highest BCUT2D eigenvalue weighted by Crippen LogP contribution is 2.36. The van der Waals surface area contributed by atoms with Crippen molar-refractivity contribution in [2.45, 2.75) is 4.90 Å². The maximum absolute atomic E-state index is 13.1.